The molecule has 1 amide bonds. The summed E-state index contributed by atoms with van der Waals surface area (Å²) in [7, 11) is 0. The van der Waals surface area contributed by atoms with Gasteiger partial charge in [-0.05, 0) is 38.0 Å². The molecule has 4 heteroatoms. The number of carbonyl (C=O) groups excluding carboxylic acids is 1. The van der Waals surface area contributed by atoms with Gasteiger partial charge in [-0.25, -0.2) is 0 Å². The summed E-state index contributed by atoms with van der Waals surface area (Å²) in [6.45, 7) is 11.4. The van der Waals surface area contributed by atoms with Gasteiger partial charge in [0.2, 0.25) is 5.91 Å². The Morgan fingerprint density at radius 3 is 2.32 bits per heavy atom. The Bertz CT molecular complexity index is 251. The smallest absolute Gasteiger partial charge is 0.237 e. The van der Waals surface area contributed by atoms with E-state index in [9.17, 15) is 4.79 Å². The molecule has 1 atom stereocenters. The molecule has 0 bridgehead atoms. The monoisotopic (exact) mass is 272 g/mol. The standard InChI is InChI=1S/C15H32N2O2/c1-6-13(7-2)17-14(19)12(3)16-11-15(4,5)9-8-10-18/h12-13,16,18H,6-11H2,1-5H3,(H,17,19). The number of hydrogen-bond donors (Lipinski definition) is 3. The van der Waals surface area contributed by atoms with Gasteiger partial charge >= 0.3 is 0 Å². The van der Waals surface area contributed by atoms with E-state index < -0.39 is 0 Å². The van der Waals surface area contributed by atoms with Crippen molar-refractivity contribution in [3.8, 4) is 0 Å². The summed E-state index contributed by atoms with van der Waals surface area (Å²) in [6.07, 6.45) is 3.70. The van der Waals surface area contributed by atoms with Crippen LogP contribution in [0, 0.1) is 5.41 Å². The molecule has 0 aliphatic carbocycles. The predicted molar refractivity (Wildman–Crippen MR) is 80.1 cm³/mol. The summed E-state index contributed by atoms with van der Waals surface area (Å²) in [6, 6.07) is 0.105. The van der Waals surface area contributed by atoms with Gasteiger partial charge in [0.15, 0.2) is 0 Å². The van der Waals surface area contributed by atoms with Crippen LogP contribution >= 0.6 is 0 Å². The highest BCUT2D eigenvalue weighted by Crippen LogP contribution is 2.20. The van der Waals surface area contributed by atoms with Crippen molar-refractivity contribution in [2.24, 2.45) is 5.41 Å². The van der Waals surface area contributed by atoms with Gasteiger partial charge in [-0.15, -0.1) is 0 Å². The Kier molecular flexibility index (Phi) is 9.02. The SMILES string of the molecule is CCC(CC)NC(=O)C(C)NCC(C)(C)CCCO. The van der Waals surface area contributed by atoms with Crippen LogP contribution in [0.3, 0.4) is 0 Å². The Morgan fingerprint density at radius 2 is 1.84 bits per heavy atom. The second-order valence-electron chi connectivity index (χ2n) is 6.12. The van der Waals surface area contributed by atoms with E-state index in [1.807, 2.05) is 6.92 Å². The molecular formula is C15H32N2O2. The fraction of sp³-hybridized carbons (Fsp3) is 0.933. The van der Waals surface area contributed by atoms with Crippen LogP contribution in [0.25, 0.3) is 0 Å². The molecule has 0 aromatic carbocycles. The van der Waals surface area contributed by atoms with Gasteiger partial charge in [0.25, 0.3) is 0 Å². The number of amides is 1. The highest BCUT2D eigenvalue weighted by atomic mass is 16.2. The van der Waals surface area contributed by atoms with Gasteiger partial charge < -0.3 is 15.7 Å². The van der Waals surface area contributed by atoms with E-state index in [-0.39, 0.29) is 30.0 Å². The van der Waals surface area contributed by atoms with E-state index in [1.165, 1.54) is 0 Å². The van der Waals surface area contributed by atoms with Crippen LogP contribution in [0.2, 0.25) is 0 Å². The van der Waals surface area contributed by atoms with Crippen molar-refractivity contribution < 1.29 is 9.90 Å². The Morgan fingerprint density at radius 1 is 1.26 bits per heavy atom. The molecule has 0 fully saturated rings. The summed E-state index contributed by atoms with van der Waals surface area (Å²) >= 11 is 0. The lowest BCUT2D eigenvalue weighted by atomic mass is 9.87. The van der Waals surface area contributed by atoms with Crippen molar-refractivity contribution in [1.29, 1.82) is 0 Å². The van der Waals surface area contributed by atoms with Crippen LogP contribution in [0.5, 0.6) is 0 Å². The van der Waals surface area contributed by atoms with Gasteiger partial charge in [0.1, 0.15) is 0 Å². The molecule has 3 N–H and O–H groups in total. The Labute approximate surface area is 118 Å². The zero-order valence-electron chi connectivity index (χ0n) is 13.3. The summed E-state index contributed by atoms with van der Waals surface area (Å²) in [5.41, 5.74) is 0.103. The third-order valence-electron chi connectivity index (χ3n) is 3.62. The molecule has 19 heavy (non-hydrogen) atoms. The van der Waals surface area contributed by atoms with Crippen molar-refractivity contribution in [3.63, 3.8) is 0 Å². The molecule has 114 valence electrons. The first-order chi connectivity index (χ1) is 8.86. The van der Waals surface area contributed by atoms with E-state index in [0.717, 1.165) is 32.2 Å². The number of aliphatic hydroxyl groups is 1. The maximum atomic E-state index is 12.0. The molecule has 0 aromatic heterocycles. The third-order valence-corrected chi connectivity index (χ3v) is 3.62. The minimum atomic E-state index is -0.172. The molecule has 0 spiro atoms. The number of carbonyl (C=O) groups is 1. The molecule has 0 aliphatic rings. The molecule has 0 rings (SSSR count). The lowest BCUT2D eigenvalue weighted by Crippen LogP contribution is -2.48. The van der Waals surface area contributed by atoms with Crippen molar-refractivity contribution in [2.75, 3.05) is 13.2 Å². The Balaban J connectivity index is 4.08. The van der Waals surface area contributed by atoms with Gasteiger partial charge in [-0.3, -0.25) is 4.79 Å². The average molecular weight is 272 g/mol. The number of nitrogens with one attached hydrogen (secondary N) is 2. The van der Waals surface area contributed by atoms with Gasteiger partial charge in [-0.1, -0.05) is 27.7 Å². The molecular weight excluding hydrogens is 240 g/mol. The van der Waals surface area contributed by atoms with E-state index in [2.05, 4.69) is 38.3 Å². The van der Waals surface area contributed by atoms with E-state index in [4.69, 9.17) is 5.11 Å². The first-order valence-corrected chi connectivity index (χ1v) is 7.51. The molecule has 0 aromatic rings. The second kappa shape index (κ2) is 9.32. The van der Waals surface area contributed by atoms with Gasteiger partial charge in [0.05, 0.1) is 6.04 Å². The molecule has 0 saturated carbocycles. The molecule has 1 unspecified atom stereocenters. The minimum absolute atomic E-state index is 0.0756. The lowest BCUT2D eigenvalue weighted by molar-refractivity contribution is -0.123. The normalized spacial score (nSPS) is 13.6. The number of rotatable bonds is 10. The fourth-order valence-corrected chi connectivity index (χ4v) is 1.99. The summed E-state index contributed by atoms with van der Waals surface area (Å²) < 4.78 is 0. The van der Waals surface area contributed by atoms with E-state index >= 15 is 0 Å². The summed E-state index contributed by atoms with van der Waals surface area (Å²) in [4.78, 5) is 12.0. The Hall–Kier alpha value is -0.610. The van der Waals surface area contributed by atoms with E-state index in [1.54, 1.807) is 0 Å². The molecule has 0 aliphatic heterocycles. The molecule has 0 saturated heterocycles. The van der Waals surface area contributed by atoms with E-state index in [0.29, 0.717) is 0 Å². The molecule has 4 nitrogen and oxygen atoms in total. The summed E-state index contributed by atoms with van der Waals surface area (Å²) in [5, 5.41) is 15.2. The van der Waals surface area contributed by atoms with Crippen LogP contribution in [0.15, 0.2) is 0 Å². The maximum Gasteiger partial charge on any atom is 0.237 e. The van der Waals surface area contributed by atoms with Gasteiger partial charge in [-0.2, -0.15) is 0 Å². The average Bonchev–Trinajstić information content (AvgIpc) is 2.39. The number of hydrogen-bond acceptors (Lipinski definition) is 3. The number of aliphatic hydroxyl groups excluding tert-OH is 1. The first-order valence-electron chi connectivity index (χ1n) is 7.51. The van der Waals surface area contributed by atoms with Crippen molar-refractivity contribution in [3.05, 3.63) is 0 Å². The first kappa shape index (κ1) is 18.4. The lowest BCUT2D eigenvalue weighted by Gasteiger charge is -2.27. The van der Waals surface area contributed by atoms with Crippen LogP contribution in [-0.4, -0.2) is 36.2 Å². The highest BCUT2D eigenvalue weighted by molar-refractivity contribution is 5.81. The van der Waals surface area contributed by atoms with Crippen LogP contribution in [-0.2, 0) is 4.79 Å². The topological polar surface area (TPSA) is 61.4 Å². The van der Waals surface area contributed by atoms with Crippen LogP contribution in [0.1, 0.15) is 60.3 Å². The van der Waals surface area contributed by atoms with Crippen LogP contribution in [0.4, 0.5) is 0 Å². The van der Waals surface area contributed by atoms with Crippen molar-refractivity contribution in [1.82, 2.24) is 10.6 Å². The molecule has 0 radical (unpaired) electrons. The van der Waals surface area contributed by atoms with Crippen molar-refractivity contribution >= 4 is 5.91 Å². The van der Waals surface area contributed by atoms with Crippen molar-refractivity contribution in [2.45, 2.75) is 72.4 Å². The zero-order chi connectivity index (χ0) is 14.9. The maximum absolute atomic E-state index is 12.0. The third kappa shape index (κ3) is 8.22. The highest BCUT2D eigenvalue weighted by Gasteiger charge is 2.21. The summed E-state index contributed by atoms with van der Waals surface area (Å²) in [5.74, 6) is 0.0756. The predicted octanol–water partition coefficient (Wildman–Crippen LogP) is 2.07. The minimum Gasteiger partial charge on any atom is -0.396 e. The largest absolute Gasteiger partial charge is 0.396 e. The fourth-order valence-electron chi connectivity index (χ4n) is 1.99. The quantitative estimate of drug-likeness (QED) is 0.570. The zero-order valence-corrected chi connectivity index (χ0v) is 13.3. The van der Waals surface area contributed by atoms with Gasteiger partial charge in [0, 0.05) is 19.2 Å². The second-order valence-corrected chi connectivity index (χ2v) is 6.12. The van der Waals surface area contributed by atoms with Crippen LogP contribution < -0.4 is 10.6 Å². The molecule has 0 heterocycles.